The Kier molecular flexibility index (Phi) is 9.35. The first-order valence-electron chi connectivity index (χ1n) is 11.8. The highest BCUT2D eigenvalue weighted by molar-refractivity contribution is 5.86. The molecule has 0 bridgehead atoms. The highest BCUT2D eigenvalue weighted by Crippen LogP contribution is 2.27. The first-order valence-corrected chi connectivity index (χ1v) is 11.8. The molecule has 0 saturated carbocycles. The van der Waals surface area contributed by atoms with Gasteiger partial charge < -0.3 is 23.7 Å². The summed E-state index contributed by atoms with van der Waals surface area (Å²) in [6.45, 7) is 4.66. The largest absolute Gasteiger partial charge is 0.493 e. The molecule has 3 aromatic rings. The summed E-state index contributed by atoms with van der Waals surface area (Å²) in [6, 6.07) is 18.9. The lowest BCUT2D eigenvalue weighted by molar-refractivity contribution is -0.142. The molecule has 1 aromatic heterocycles. The molecule has 7 nitrogen and oxygen atoms in total. The fourth-order valence-electron chi connectivity index (χ4n) is 3.86. The Morgan fingerprint density at radius 2 is 1.63 bits per heavy atom. The van der Waals surface area contributed by atoms with Crippen LogP contribution in [0.1, 0.15) is 30.7 Å². The Labute approximate surface area is 207 Å². The van der Waals surface area contributed by atoms with Gasteiger partial charge in [0.15, 0.2) is 11.5 Å². The van der Waals surface area contributed by atoms with E-state index < -0.39 is 0 Å². The van der Waals surface area contributed by atoms with Gasteiger partial charge in [0.05, 0.1) is 40.0 Å². The Bertz CT molecular complexity index is 1080. The molecule has 0 fully saturated rings. The quantitative estimate of drug-likeness (QED) is 0.387. The lowest BCUT2D eigenvalue weighted by atomic mass is 10.1. The van der Waals surface area contributed by atoms with Crippen LogP contribution in [-0.4, -0.2) is 55.0 Å². The van der Waals surface area contributed by atoms with Crippen molar-refractivity contribution in [3.05, 3.63) is 83.8 Å². The summed E-state index contributed by atoms with van der Waals surface area (Å²) < 4.78 is 16.2. The van der Waals surface area contributed by atoms with Gasteiger partial charge in [-0.15, -0.1) is 0 Å². The van der Waals surface area contributed by atoms with Gasteiger partial charge in [-0.3, -0.25) is 9.59 Å². The van der Waals surface area contributed by atoms with E-state index in [2.05, 4.69) is 0 Å². The van der Waals surface area contributed by atoms with Crippen molar-refractivity contribution in [2.24, 2.45) is 0 Å². The van der Waals surface area contributed by atoms with Crippen molar-refractivity contribution < 1.29 is 23.5 Å². The van der Waals surface area contributed by atoms with Crippen LogP contribution in [0.2, 0.25) is 0 Å². The van der Waals surface area contributed by atoms with Gasteiger partial charge in [-0.2, -0.15) is 0 Å². The molecule has 1 heterocycles. The van der Waals surface area contributed by atoms with E-state index in [-0.39, 0.29) is 30.8 Å². The summed E-state index contributed by atoms with van der Waals surface area (Å²) >= 11 is 0. The number of hydrogen-bond donors (Lipinski definition) is 0. The standard InChI is InChI=1S/C28H34N2O5/c1-21(2)30(27(31)18-22-9-6-5-7-10-22)20-28(32)29(19-24-11-8-16-35-24)15-14-23-12-13-25(33-3)26(17-23)34-4/h5-13,16-17,21H,14-15,18-20H2,1-4H3. The van der Waals surface area contributed by atoms with E-state index in [4.69, 9.17) is 13.9 Å². The van der Waals surface area contributed by atoms with Crippen LogP contribution in [0.15, 0.2) is 71.3 Å². The molecular weight excluding hydrogens is 444 g/mol. The van der Waals surface area contributed by atoms with Crippen LogP contribution >= 0.6 is 0 Å². The average molecular weight is 479 g/mol. The van der Waals surface area contributed by atoms with E-state index in [0.717, 1.165) is 11.1 Å². The number of furan rings is 1. The summed E-state index contributed by atoms with van der Waals surface area (Å²) in [5.41, 5.74) is 1.94. The number of methoxy groups -OCH3 is 2. The predicted molar refractivity (Wildman–Crippen MR) is 134 cm³/mol. The molecule has 0 atom stereocenters. The molecular formula is C28H34N2O5. The van der Waals surface area contributed by atoms with Crippen LogP contribution in [0.4, 0.5) is 0 Å². The Hall–Kier alpha value is -3.74. The van der Waals surface area contributed by atoms with Gasteiger partial charge in [0.25, 0.3) is 0 Å². The second-order valence-corrected chi connectivity index (χ2v) is 8.61. The normalized spacial score (nSPS) is 10.8. The molecule has 0 spiro atoms. The molecule has 0 aliphatic carbocycles. The summed E-state index contributed by atoms with van der Waals surface area (Å²) in [6.07, 6.45) is 2.47. The molecule has 2 aromatic carbocycles. The SMILES string of the molecule is COc1ccc(CCN(Cc2ccco2)C(=O)CN(C(=O)Cc2ccccc2)C(C)C)cc1OC. The van der Waals surface area contributed by atoms with Gasteiger partial charge in [0, 0.05) is 12.6 Å². The molecule has 0 aliphatic rings. The third kappa shape index (κ3) is 7.37. The number of carbonyl (C=O) groups is 2. The van der Waals surface area contributed by atoms with E-state index in [1.54, 1.807) is 36.3 Å². The molecule has 0 saturated heterocycles. The summed E-state index contributed by atoms with van der Waals surface area (Å²) in [4.78, 5) is 29.9. The van der Waals surface area contributed by atoms with Crippen molar-refractivity contribution in [2.75, 3.05) is 27.3 Å². The number of hydrogen-bond acceptors (Lipinski definition) is 5. The van der Waals surface area contributed by atoms with Crippen LogP contribution in [0.25, 0.3) is 0 Å². The number of rotatable bonds is 12. The first-order chi connectivity index (χ1) is 16.9. The van der Waals surface area contributed by atoms with Crippen molar-refractivity contribution in [2.45, 2.75) is 39.3 Å². The number of amides is 2. The highest BCUT2D eigenvalue weighted by atomic mass is 16.5. The monoisotopic (exact) mass is 478 g/mol. The van der Waals surface area contributed by atoms with Crippen LogP contribution in [0.3, 0.4) is 0 Å². The zero-order chi connectivity index (χ0) is 25.2. The van der Waals surface area contributed by atoms with Crippen molar-refractivity contribution in [1.82, 2.24) is 9.80 Å². The minimum atomic E-state index is -0.128. The van der Waals surface area contributed by atoms with E-state index in [1.807, 2.05) is 68.4 Å². The summed E-state index contributed by atoms with van der Waals surface area (Å²) in [5, 5.41) is 0. The van der Waals surface area contributed by atoms with Gasteiger partial charge in [0.1, 0.15) is 5.76 Å². The Morgan fingerprint density at radius 3 is 2.26 bits per heavy atom. The summed E-state index contributed by atoms with van der Waals surface area (Å²) in [7, 11) is 3.20. The second kappa shape index (κ2) is 12.6. The third-order valence-corrected chi connectivity index (χ3v) is 5.85. The molecule has 3 rings (SSSR count). The number of benzene rings is 2. The zero-order valence-electron chi connectivity index (χ0n) is 20.9. The molecule has 0 aliphatic heterocycles. The van der Waals surface area contributed by atoms with Crippen molar-refractivity contribution in [3.63, 3.8) is 0 Å². The van der Waals surface area contributed by atoms with Crippen molar-refractivity contribution >= 4 is 11.8 Å². The second-order valence-electron chi connectivity index (χ2n) is 8.61. The molecule has 35 heavy (non-hydrogen) atoms. The minimum absolute atomic E-state index is 0.00990. The van der Waals surface area contributed by atoms with Gasteiger partial charge in [-0.05, 0) is 55.7 Å². The van der Waals surface area contributed by atoms with Crippen LogP contribution < -0.4 is 9.47 Å². The summed E-state index contributed by atoms with van der Waals surface area (Å²) in [5.74, 6) is 1.79. The first kappa shape index (κ1) is 25.9. The third-order valence-electron chi connectivity index (χ3n) is 5.85. The molecule has 186 valence electrons. The Morgan fingerprint density at radius 1 is 0.886 bits per heavy atom. The fourth-order valence-corrected chi connectivity index (χ4v) is 3.86. The molecule has 0 unspecified atom stereocenters. The minimum Gasteiger partial charge on any atom is -0.493 e. The zero-order valence-corrected chi connectivity index (χ0v) is 20.9. The topological polar surface area (TPSA) is 72.2 Å². The van der Waals surface area contributed by atoms with E-state index >= 15 is 0 Å². The van der Waals surface area contributed by atoms with Gasteiger partial charge >= 0.3 is 0 Å². The molecule has 7 heteroatoms. The predicted octanol–water partition coefficient (Wildman–Crippen LogP) is 4.35. The van der Waals surface area contributed by atoms with Crippen molar-refractivity contribution in [1.29, 1.82) is 0 Å². The van der Waals surface area contributed by atoms with Gasteiger partial charge in [-0.1, -0.05) is 36.4 Å². The van der Waals surface area contributed by atoms with Crippen LogP contribution in [0, 0.1) is 0 Å². The molecule has 2 amide bonds. The van der Waals surface area contributed by atoms with E-state index in [0.29, 0.717) is 36.8 Å². The smallest absolute Gasteiger partial charge is 0.242 e. The lowest BCUT2D eigenvalue weighted by Gasteiger charge is -2.30. The Balaban J connectivity index is 1.72. The fraction of sp³-hybridized carbons (Fsp3) is 0.357. The van der Waals surface area contributed by atoms with Crippen LogP contribution in [0.5, 0.6) is 11.5 Å². The number of carbonyl (C=O) groups excluding carboxylic acids is 2. The number of nitrogens with zero attached hydrogens (tertiary/aromatic N) is 2. The van der Waals surface area contributed by atoms with Crippen molar-refractivity contribution in [3.8, 4) is 11.5 Å². The molecule has 0 radical (unpaired) electrons. The van der Waals surface area contributed by atoms with Gasteiger partial charge in [-0.25, -0.2) is 0 Å². The maximum atomic E-state index is 13.4. The van der Waals surface area contributed by atoms with Crippen LogP contribution in [-0.2, 0) is 29.0 Å². The van der Waals surface area contributed by atoms with Gasteiger partial charge in [0.2, 0.25) is 11.8 Å². The molecule has 0 N–H and O–H groups in total. The maximum Gasteiger partial charge on any atom is 0.242 e. The average Bonchev–Trinajstić information content (AvgIpc) is 3.38. The highest BCUT2D eigenvalue weighted by Gasteiger charge is 2.24. The van der Waals surface area contributed by atoms with E-state index in [9.17, 15) is 9.59 Å². The maximum absolute atomic E-state index is 13.4. The number of ether oxygens (including phenoxy) is 2. The lowest BCUT2D eigenvalue weighted by Crippen LogP contribution is -2.46. The van der Waals surface area contributed by atoms with E-state index in [1.165, 1.54) is 0 Å².